The number of hydrogen-bond donors (Lipinski definition) is 0. The first-order valence-corrected chi connectivity index (χ1v) is 28.1. The Kier molecular flexibility index (Phi) is 20.0. The van der Waals surface area contributed by atoms with Crippen LogP contribution in [-0.4, -0.2) is 0 Å². The van der Waals surface area contributed by atoms with Crippen LogP contribution in [0.2, 0.25) is 0 Å². The summed E-state index contributed by atoms with van der Waals surface area (Å²) in [5.74, 6) is 1.29. The van der Waals surface area contributed by atoms with E-state index in [1.807, 2.05) is 0 Å². The monoisotopic (exact) mass is 1270 g/mol. The molecule has 0 fully saturated rings. The first-order chi connectivity index (χ1) is 39.4. The minimum Gasteiger partial charge on any atom is -1.00 e. The van der Waals surface area contributed by atoms with E-state index < -0.39 is 0 Å². The number of fused-ring (bicyclic) bond motifs is 12. The maximum absolute atomic E-state index is 3.49. The molecular formula is C80H60Cl2Zr2-2. The fourth-order valence-electron chi connectivity index (χ4n) is 13.3. The molecule has 0 saturated carbocycles. The SMILES string of the molecule is Cc1cc[c-]c2c1-c1ccccc1C2c1ccccc1.Cc1cc[c-]c2c1-c1ccccc1C2c1ccccc1.Cc1cc[c-]c2c1-c1ccccc1C2c1ccccc1.Cc1cc[c-]c2c1-c1ccccc1C2c1ccccc1.[Cl-].[Cl-].[Zr+2].[Zr+2]. The molecule has 4 aliphatic rings. The van der Waals surface area contributed by atoms with Crippen molar-refractivity contribution in [1.82, 2.24) is 0 Å². The van der Waals surface area contributed by atoms with E-state index in [4.69, 9.17) is 0 Å². The Morgan fingerprint density at radius 1 is 0.226 bits per heavy atom. The molecule has 0 aromatic heterocycles. The van der Waals surface area contributed by atoms with Gasteiger partial charge in [-0.1, -0.05) is 268 Å². The van der Waals surface area contributed by atoms with Crippen molar-refractivity contribution in [2.24, 2.45) is 0 Å². The second-order valence-electron chi connectivity index (χ2n) is 21.5. The molecule has 16 rings (SSSR count). The Balaban J connectivity index is 0.000000132. The van der Waals surface area contributed by atoms with Gasteiger partial charge in [-0.15, -0.1) is 44.5 Å². The van der Waals surface area contributed by atoms with E-state index in [2.05, 4.69) is 319 Å². The van der Waals surface area contributed by atoms with Crippen LogP contribution in [0.5, 0.6) is 0 Å². The number of rotatable bonds is 4. The molecule has 12 aromatic rings. The third-order valence-electron chi connectivity index (χ3n) is 16.8. The molecule has 404 valence electrons. The van der Waals surface area contributed by atoms with Crippen LogP contribution in [0, 0.1) is 52.0 Å². The standard InChI is InChI=1S/4C20H15.2ClH.2Zr/c4*1-14-8-7-13-18-19(14)16-11-5-6-12-17(16)20(18)15-9-3-2-4-10-15;;;;/h4*2-12,20H,1H3;2*1H;;/q4*-1;;;2*+2/p-2. The average molecular weight is 1270 g/mol. The smallest absolute Gasteiger partial charge is 1.00 e. The van der Waals surface area contributed by atoms with Gasteiger partial charge in [0.1, 0.15) is 0 Å². The van der Waals surface area contributed by atoms with E-state index in [1.165, 1.54) is 134 Å². The van der Waals surface area contributed by atoms with Gasteiger partial charge in [0.2, 0.25) is 0 Å². The maximum atomic E-state index is 3.49. The van der Waals surface area contributed by atoms with Gasteiger partial charge in [-0.05, 0) is 44.5 Å². The predicted octanol–water partition coefficient (Wildman–Crippen LogP) is 13.8. The summed E-state index contributed by atoms with van der Waals surface area (Å²) in [6.07, 6.45) is 0. The molecule has 4 heteroatoms. The van der Waals surface area contributed by atoms with Crippen LogP contribution >= 0.6 is 0 Å². The molecule has 0 nitrogen and oxygen atoms in total. The summed E-state index contributed by atoms with van der Waals surface area (Å²) in [4.78, 5) is 0. The van der Waals surface area contributed by atoms with Crippen molar-refractivity contribution in [3.8, 4) is 44.5 Å². The number of halogens is 2. The predicted molar refractivity (Wildman–Crippen MR) is 331 cm³/mol. The molecule has 84 heavy (non-hydrogen) atoms. The van der Waals surface area contributed by atoms with Gasteiger partial charge >= 0.3 is 52.4 Å². The fraction of sp³-hybridized carbons (Fsp3) is 0.100. The van der Waals surface area contributed by atoms with E-state index in [9.17, 15) is 0 Å². The Labute approximate surface area is 548 Å². The van der Waals surface area contributed by atoms with Gasteiger partial charge in [0.05, 0.1) is 0 Å². The molecule has 4 atom stereocenters. The summed E-state index contributed by atoms with van der Waals surface area (Å²) in [6, 6.07) is 109. The van der Waals surface area contributed by atoms with Crippen LogP contribution in [0.4, 0.5) is 0 Å². The van der Waals surface area contributed by atoms with Crippen LogP contribution in [0.1, 0.15) is 113 Å². The van der Waals surface area contributed by atoms with E-state index in [1.54, 1.807) is 0 Å². The van der Waals surface area contributed by atoms with Crippen molar-refractivity contribution in [3.63, 3.8) is 0 Å². The second kappa shape index (κ2) is 27.4. The van der Waals surface area contributed by atoms with Crippen LogP contribution in [0.25, 0.3) is 44.5 Å². The van der Waals surface area contributed by atoms with Gasteiger partial charge in [-0.3, -0.25) is 0 Å². The van der Waals surface area contributed by atoms with Gasteiger partial charge < -0.3 is 24.8 Å². The first-order valence-electron chi connectivity index (χ1n) is 28.1. The van der Waals surface area contributed by atoms with Crippen LogP contribution in [0.15, 0.2) is 267 Å². The van der Waals surface area contributed by atoms with Crippen molar-refractivity contribution in [2.75, 3.05) is 0 Å². The number of hydrogen-bond acceptors (Lipinski definition) is 0. The quantitative estimate of drug-likeness (QED) is 0.154. The molecule has 0 bridgehead atoms. The zero-order valence-electron chi connectivity index (χ0n) is 47.5. The van der Waals surface area contributed by atoms with Crippen LogP contribution in [-0.2, 0) is 52.4 Å². The molecule has 0 amide bonds. The molecule has 4 unspecified atom stereocenters. The normalized spacial score (nSPS) is 15.0. The van der Waals surface area contributed by atoms with E-state index in [0.717, 1.165) is 0 Å². The molecule has 0 heterocycles. The molecule has 4 aliphatic carbocycles. The molecular weight excluding hydrogens is 1210 g/mol. The Morgan fingerprint density at radius 3 is 0.607 bits per heavy atom. The first kappa shape index (κ1) is 61.5. The van der Waals surface area contributed by atoms with Gasteiger partial charge in [0.25, 0.3) is 0 Å². The number of benzene rings is 12. The molecule has 0 radical (unpaired) electrons. The minimum absolute atomic E-state index is 0. The third kappa shape index (κ3) is 11.5. The molecule has 0 N–H and O–H groups in total. The largest absolute Gasteiger partial charge is 2.00 e. The zero-order valence-corrected chi connectivity index (χ0v) is 53.9. The summed E-state index contributed by atoms with van der Waals surface area (Å²) in [7, 11) is 0. The van der Waals surface area contributed by atoms with Crippen molar-refractivity contribution in [3.05, 3.63) is 380 Å². The van der Waals surface area contributed by atoms with Gasteiger partial charge in [0.15, 0.2) is 0 Å². The van der Waals surface area contributed by atoms with Gasteiger partial charge in [-0.25, -0.2) is 0 Å². The van der Waals surface area contributed by atoms with Crippen LogP contribution in [0.3, 0.4) is 0 Å². The second-order valence-corrected chi connectivity index (χ2v) is 21.5. The van der Waals surface area contributed by atoms with E-state index >= 15 is 0 Å². The molecule has 12 aromatic carbocycles. The summed E-state index contributed by atoms with van der Waals surface area (Å²) in [5, 5.41) is 0. The topological polar surface area (TPSA) is 0 Å². The van der Waals surface area contributed by atoms with Crippen molar-refractivity contribution in [1.29, 1.82) is 0 Å². The zero-order chi connectivity index (χ0) is 54.1. The van der Waals surface area contributed by atoms with Gasteiger partial charge in [0, 0.05) is 23.7 Å². The van der Waals surface area contributed by atoms with Crippen LogP contribution < -0.4 is 24.8 Å². The Hall–Kier alpha value is -7.01. The average Bonchev–Trinajstić information content (AvgIpc) is 3.35. The van der Waals surface area contributed by atoms with Gasteiger partial charge in [-0.2, -0.15) is 95.1 Å². The van der Waals surface area contributed by atoms with Crippen molar-refractivity contribution in [2.45, 2.75) is 51.4 Å². The van der Waals surface area contributed by atoms with Crippen molar-refractivity contribution >= 4 is 0 Å². The summed E-state index contributed by atoms with van der Waals surface area (Å²) in [5.41, 5.74) is 32.6. The molecule has 0 spiro atoms. The van der Waals surface area contributed by atoms with E-state index in [0.29, 0.717) is 23.7 Å². The summed E-state index contributed by atoms with van der Waals surface area (Å²) >= 11 is 0. The number of aryl methyl sites for hydroxylation is 4. The third-order valence-corrected chi connectivity index (χ3v) is 16.8. The summed E-state index contributed by atoms with van der Waals surface area (Å²) < 4.78 is 0. The minimum atomic E-state index is 0. The van der Waals surface area contributed by atoms with Crippen molar-refractivity contribution < 1.29 is 77.2 Å². The molecule has 0 saturated heterocycles. The Morgan fingerprint density at radius 2 is 0.405 bits per heavy atom. The van der Waals surface area contributed by atoms with E-state index in [-0.39, 0.29) is 77.2 Å². The maximum Gasteiger partial charge on any atom is 2.00 e. The summed E-state index contributed by atoms with van der Waals surface area (Å²) in [6.45, 7) is 8.77. The Bertz CT molecular complexity index is 3650. The molecule has 0 aliphatic heterocycles. The fourth-order valence-corrected chi connectivity index (χ4v) is 13.3.